The minimum Gasteiger partial charge on any atom is -0.272 e. The van der Waals surface area contributed by atoms with Gasteiger partial charge in [0.05, 0.1) is 17.7 Å². The highest BCUT2D eigenvalue weighted by atomic mass is 35.5. The van der Waals surface area contributed by atoms with Crippen LogP contribution in [0, 0.1) is 13.8 Å². The van der Waals surface area contributed by atoms with E-state index in [1.165, 1.54) is 37.5 Å². The molecule has 2 rings (SSSR count). The Bertz CT molecular complexity index is 925. The van der Waals surface area contributed by atoms with Crippen molar-refractivity contribution >= 4 is 33.7 Å². The number of hydrogen-bond acceptors (Lipinski definition) is 4. The second kappa shape index (κ2) is 8.44. The summed E-state index contributed by atoms with van der Waals surface area (Å²) >= 11 is 5.76. The number of amides is 1. The summed E-state index contributed by atoms with van der Waals surface area (Å²) < 4.78 is 25.8. The molecule has 0 unspecified atom stereocenters. The van der Waals surface area contributed by atoms with E-state index in [0.29, 0.717) is 5.02 Å². The number of carbonyl (C=O) groups excluding carboxylic acids is 1. The molecule has 0 atom stereocenters. The summed E-state index contributed by atoms with van der Waals surface area (Å²) in [6, 6.07) is 11.6. The summed E-state index contributed by atoms with van der Waals surface area (Å²) in [6.07, 6.45) is 1.53. The van der Waals surface area contributed by atoms with Crippen LogP contribution >= 0.6 is 11.6 Å². The van der Waals surface area contributed by atoms with Gasteiger partial charge in [-0.3, -0.25) is 4.79 Å². The molecular weight excluding hydrogens is 374 g/mol. The number of aryl methyl sites for hydroxylation is 2. The fraction of sp³-hybridized carbons (Fsp3) is 0.222. The smallest absolute Gasteiger partial charge is 0.255 e. The highest BCUT2D eigenvalue weighted by molar-refractivity contribution is 7.89. The number of hydrazone groups is 1. The lowest BCUT2D eigenvalue weighted by Gasteiger charge is -2.16. The van der Waals surface area contributed by atoms with Crippen LogP contribution in [0.3, 0.4) is 0 Å². The van der Waals surface area contributed by atoms with E-state index >= 15 is 0 Å². The molecule has 0 saturated carbocycles. The van der Waals surface area contributed by atoms with Gasteiger partial charge < -0.3 is 0 Å². The van der Waals surface area contributed by atoms with Crippen molar-refractivity contribution in [1.29, 1.82) is 0 Å². The van der Waals surface area contributed by atoms with E-state index in [4.69, 9.17) is 11.6 Å². The number of rotatable bonds is 6. The predicted molar refractivity (Wildman–Crippen MR) is 103 cm³/mol. The third-order valence-corrected chi connectivity index (χ3v) is 5.78. The van der Waals surface area contributed by atoms with Crippen LogP contribution in [0.5, 0.6) is 0 Å². The van der Waals surface area contributed by atoms with Crippen molar-refractivity contribution in [2.45, 2.75) is 18.7 Å². The van der Waals surface area contributed by atoms with Crippen LogP contribution in [0.25, 0.3) is 0 Å². The van der Waals surface area contributed by atoms with Crippen molar-refractivity contribution in [3.05, 3.63) is 64.2 Å². The maximum atomic E-state index is 12.4. The Labute approximate surface area is 158 Å². The SMILES string of the molecule is Cc1ccc(/C=N\NC(=O)CN(C)S(=O)(=O)c2ccc(Cl)cc2)c(C)c1. The van der Waals surface area contributed by atoms with E-state index in [0.717, 1.165) is 21.0 Å². The molecule has 2 aromatic rings. The molecule has 0 fully saturated rings. The van der Waals surface area contributed by atoms with Crippen LogP contribution in [0.15, 0.2) is 52.5 Å². The minimum absolute atomic E-state index is 0.0657. The first-order chi connectivity index (χ1) is 12.2. The van der Waals surface area contributed by atoms with Crippen LogP contribution in [0.1, 0.15) is 16.7 Å². The summed E-state index contributed by atoms with van der Waals surface area (Å²) in [4.78, 5) is 12.0. The molecule has 6 nitrogen and oxygen atoms in total. The fourth-order valence-electron chi connectivity index (χ4n) is 2.25. The molecule has 8 heteroatoms. The molecule has 0 aliphatic rings. The zero-order chi connectivity index (χ0) is 19.3. The summed E-state index contributed by atoms with van der Waals surface area (Å²) in [6.45, 7) is 3.59. The van der Waals surface area contributed by atoms with Crippen LogP contribution < -0.4 is 5.43 Å². The maximum absolute atomic E-state index is 12.4. The average Bonchev–Trinajstić information content (AvgIpc) is 2.57. The highest BCUT2D eigenvalue weighted by Crippen LogP contribution is 2.17. The second-order valence-corrected chi connectivity index (χ2v) is 8.35. The standard InChI is InChI=1S/C18H20ClN3O3S/c1-13-4-5-15(14(2)10-13)11-20-21-18(23)12-22(3)26(24,25)17-8-6-16(19)7-9-17/h4-11H,12H2,1-3H3,(H,21,23)/b20-11-. The Hall–Kier alpha value is -2.22. The first kappa shape index (κ1) is 20.1. The van der Waals surface area contributed by atoms with Crippen molar-refractivity contribution in [2.24, 2.45) is 5.10 Å². The Kier molecular flexibility index (Phi) is 6.52. The van der Waals surface area contributed by atoms with Gasteiger partial charge in [-0.15, -0.1) is 0 Å². The molecule has 0 aliphatic heterocycles. The van der Waals surface area contributed by atoms with E-state index in [1.807, 2.05) is 32.0 Å². The summed E-state index contributed by atoms with van der Waals surface area (Å²) in [5, 5.41) is 4.32. The molecular formula is C18H20ClN3O3S. The lowest BCUT2D eigenvalue weighted by Crippen LogP contribution is -2.36. The third-order valence-electron chi connectivity index (χ3n) is 3.71. The van der Waals surface area contributed by atoms with E-state index in [2.05, 4.69) is 10.5 Å². The van der Waals surface area contributed by atoms with Crippen molar-refractivity contribution in [3.63, 3.8) is 0 Å². The molecule has 0 radical (unpaired) electrons. The Morgan fingerprint density at radius 3 is 2.46 bits per heavy atom. The van der Waals surface area contributed by atoms with Gasteiger partial charge in [0, 0.05) is 12.1 Å². The Morgan fingerprint density at radius 1 is 1.19 bits per heavy atom. The number of benzene rings is 2. The number of carbonyl (C=O) groups is 1. The second-order valence-electron chi connectivity index (χ2n) is 5.87. The fourth-order valence-corrected chi connectivity index (χ4v) is 3.51. The van der Waals surface area contributed by atoms with Crippen molar-refractivity contribution in [2.75, 3.05) is 13.6 Å². The normalized spacial score (nSPS) is 11.9. The van der Waals surface area contributed by atoms with Gasteiger partial charge in [0.15, 0.2) is 0 Å². The van der Waals surface area contributed by atoms with Crippen molar-refractivity contribution in [3.8, 4) is 0 Å². The van der Waals surface area contributed by atoms with Gasteiger partial charge in [0.2, 0.25) is 10.0 Å². The van der Waals surface area contributed by atoms with Gasteiger partial charge in [-0.25, -0.2) is 13.8 Å². The van der Waals surface area contributed by atoms with Crippen LogP contribution in [-0.4, -0.2) is 38.4 Å². The van der Waals surface area contributed by atoms with E-state index in [1.54, 1.807) is 0 Å². The highest BCUT2D eigenvalue weighted by Gasteiger charge is 2.22. The lowest BCUT2D eigenvalue weighted by molar-refractivity contribution is -0.121. The molecule has 26 heavy (non-hydrogen) atoms. The van der Waals surface area contributed by atoms with Gasteiger partial charge in [-0.05, 0) is 49.2 Å². The first-order valence-corrected chi connectivity index (χ1v) is 9.63. The number of nitrogens with zero attached hydrogens (tertiary/aromatic N) is 2. The quantitative estimate of drug-likeness (QED) is 0.605. The lowest BCUT2D eigenvalue weighted by atomic mass is 10.1. The predicted octanol–water partition coefficient (Wildman–Crippen LogP) is 2.73. The molecule has 1 N–H and O–H groups in total. The number of nitrogens with one attached hydrogen (secondary N) is 1. The number of halogens is 1. The van der Waals surface area contributed by atoms with Crippen molar-refractivity contribution in [1.82, 2.24) is 9.73 Å². The van der Waals surface area contributed by atoms with Gasteiger partial charge in [0.1, 0.15) is 0 Å². The molecule has 0 aliphatic carbocycles. The molecule has 0 saturated heterocycles. The van der Waals surface area contributed by atoms with Crippen LogP contribution in [-0.2, 0) is 14.8 Å². The molecule has 0 bridgehead atoms. The van der Waals surface area contributed by atoms with E-state index in [-0.39, 0.29) is 11.4 Å². The third kappa shape index (κ3) is 5.14. The monoisotopic (exact) mass is 393 g/mol. The van der Waals surface area contributed by atoms with E-state index < -0.39 is 15.9 Å². The Balaban J connectivity index is 1.98. The van der Waals surface area contributed by atoms with Gasteiger partial charge in [0.25, 0.3) is 5.91 Å². The van der Waals surface area contributed by atoms with Crippen LogP contribution in [0.2, 0.25) is 5.02 Å². The first-order valence-electron chi connectivity index (χ1n) is 7.81. The van der Waals surface area contributed by atoms with Gasteiger partial charge in [-0.1, -0.05) is 35.4 Å². The van der Waals surface area contributed by atoms with E-state index in [9.17, 15) is 13.2 Å². The van der Waals surface area contributed by atoms with Crippen molar-refractivity contribution < 1.29 is 13.2 Å². The molecule has 1 amide bonds. The molecule has 0 spiro atoms. The summed E-state index contributed by atoms with van der Waals surface area (Å²) in [5.74, 6) is -0.536. The topological polar surface area (TPSA) is 78.8 Å². The summed E-state index contributed by atoms with van der Waals surface area (Å²) in [7, 11) is -2.45. The average molecular weight is 394 g/mol. The zero-order valence-electron chi connectivity index (χ0n) is 14.7. The zero-order valence-corrected chi connectivity index (χ0v) is 16.3. The molecule has 0 aromatic heterocycles. The summed E-state index contributed by atoms with van der Waals surface area (Å²) in [5.41, 5.74) is 5.38. The Morgan fingerprint density at radius 2 is 1.85 bits per heavy atom. The number of hydrogen-bond donors (Lipinski definition) is 1. The molecule has 138 valence electrons. The largest absolute Gasteiger partial charge is 0.272 e. The minimum atomic E-state index is -3.78. The maximum Gasteiger partial charge on any atom is 0.255 e. The molecule has 0 heterocycles. The van der Waals surface area contributed by atoms with Gasteiger partial charge in [-0.2, -0.15) is 9.41 Å². The van der Waals surface area contributed by atoms with Gasteiger partial charge >= 0.3 is 0 Å². The number of likely N-dealkylation sites (N-methyl/N-ethyl adjacent to an activating group) is 1. The molecule has 2 aromatic carbocycles. The van der Waals surface area contributed by atoms with Crippen LogP contribution in [0.4, 0.5) is 0 Å². The number of sulfonamides is 1.